The Bertz CT molecular complexity index is 1310. The van der Waals surface area contributed by atoms with Gasteiger partial charge in [-0.1, -0.05) is 47.5 Å². The van der Waals surface area contributed by atoms with Crippen molar-refractivity contribution in [2.75, 3.05) is 0 Å². The van der Waals surface area contributed by atoms with Crippen LogP contribution in [0, 0.1) is 12.7 Å². The van der Waals surface area contributed by atoms with Crippen LogP contribution in [0.1, 0.15) is 32.7 Å². The Labute approximate surface area is 187 Å². The number of hydrogen-bond acceptors (Lipinski definition) is 4. The molecule has 0 unspecified atom stereocenters. The maximum absolute atomic E-state index is 13.3. The molecule has 0 atom stereocenters. The van der Waals surface area contributed by atoms with E-state index in [-0.39, 0.29) is 35.1 Å². The number of aryl methyl sites for hydroxylation is 1. The van der Waals surface area contributed by atoms with Gasteiger partial charge in [-0.3, -0.25) is 4.79 Å². The molecule has 2 N–H and O–H groups in total. The van der Waals surface area contributed by atoms with Crippen molar-refractivity contribution in [1.29, 1.82) is 0 Å². The number of nitrogens with one attached hydrogen (secondary N) is 1. The number of fused-ring (bicyclic) bond motifs is 1. The first-order valence-corrected chi connectivity index (χ1v) is 10.1. The lowest BCUT2D eigenvalue weighted by Crippen LogP contribution is -2.23. The zero-order valence-electron chi connectivity index (χ0n) is 16.4. The molecule has 0 aliphatic carbocycles. The summed E-state index contributed by atoms with van der Waals surface area (Å²) in [6.07, 6.45) is 1.58. The average Bonchev–Trinajstić information content (AvgIpc) is 3.15. The third-order valence-electron chi connectivity index (χ3n) is 4.95. The van der Waals surface area contributed by atoms with Crippen LogP contribution in [0.5, 0.6) is 5.88 Å². The van der Waals surface area contributed by atoms with Crippen LogP contribution in [0.25, 0.3) is 5.65 Å². The number of nitrogens with zero attached hydrogens (tertiary/aromatic N) is 3. The van der Waals surface area contributed by atoms with Gasteiger partial charge in [-0.2, -0.15) is 9.61 Å². The second-order valence-electron chi connectivity index (χ2n) is 6.98. The van der Waals surface area contributed by atoms with Crippen LogP contribution in [-0.2, 0) is 13.0 Å². The van der Waals surface area contributed by atoms with Crippen molar-refractivity contribution in [1.82, 2.24) is 19.9 Å². The Morgan fingerprint density at radius 3 is 2.68 bits per heavy atom. The van der Waals surface area contributed by atoms with Crippen LogP contribution in [0.3, 0.4) is 0 Å². The fourth-order valence-corrected chi connectivity index (χ4v) is 3.69. The van der Waals surface area contributed by atoms with Crippen molar-refractivity contribution in [2.24, 2.45) is 0 Å². The number of carbonyl (C=O) groups excluding carboxylic acids is 1. The number of benzene rings is 2. The van der Waals surface area contributed by atoms with E-state index in [1.165, 1.54) is 22.8 Å². The fraction of sp³-hybridized carbons (Fsp3) is 0.136. The highest BCUT2D eigenvalue weighted by molar-refractivity contribution is 6.31. The van der Waals surface area contributed by atoms with Gasteiger partial charge in [0.25, 0.3) is 5.91 Å². The first kappa shape index (κ1) is 21.1. The molecule has 0 radical (unpaired) electrons. The topological polar surface area (TPSA) is 79.5 Å². The average molecular weight is 459 g/mol. The van der Waals surface area contributed by atoms with Crippen LogP contribution >= 0.6 is 23.2 Å². The number of rotatable bonds is 5. The van der Waals surface area contributed by atoms with Crippen LogP contribution in [0.2, 0.25) is 10.0 Å². The van der Waals surface area contributed by atoms with E-state index in [9.17, 15) is 14.3 Å². The minimum atomic E-state index is -0.442. The highest BCUT2D eigenvalue weighted by atomic mass is 35.5. The van der Waals surface area contributed by atoms with Gasteiger partial charge in [0, 0.05) is 34.3 Å². The normalized spacial score (nSPS) is 11.1. The number of hydrogen-bond donors (Lipinski definition) is 2. The molecule has 4 rings (SSSR count). The van der Waals surface area contributed by atoms with Crippen molar-refractivity contribution in [3.63, 3.8) is 0 Å². The first-order chi connectivity index (χ1) is 14.8. The van der Waals surface area contributed by atoms with Crippen molar-refractivity contribution in [3.05, 3.63) is 92.5 Å². The van der Waals surface area contributed by atoms with E-state index < -0.39 is 11.7 Å². The molecule has 0 saturated carbocycles. The summed E-state index contributed by atoms with van der Waals surface area (Å²) >= 11 is 12.2. The molecular weight excluding hydrogens is 442 g/mol. The summed E-state index contributed by atoms with van der Waals surface area (Å²) in [4.78, 5) is 17.2. The molecule has 2 aromatic carbocycles. The maximum Gasteiger partial charge on any atom is 0.257 e. The van der Waals surface area contributed by atoms with Crippen molar-refractivity contribution < 1.29 is 14.3 Å². The van der Waals surface area contributed by atoms with Gasteiger partial charge in [0.1, 0.15) is 11.4 Å². The summed E-state index contributed by atoms with van der Waals surface area (Å²) in [7, 11) is 0. The molecule has 2 aromatic heterocycles. The number of carbonyl (C=O) groups is 1. The van der Waals surface area contributed by atoms with E-state index in [2.05, 4.69) is 15.4 Å². The lowest BCUT2D eigenvalue weighted by molar-refractivity contribution is 0.0952. The Hall–Kier alpha value is -3.16. The monoisotopic (exact) mass is 458 g/mol. The number of aromatic nitrogens is 3. The predicted molar refractivity (Wildman–Crippen MR) is 116 cm³/mol. The van der Waals surface area contributed by atoms with E-state index in [1.54, 1.807) is 19.1 Å². The van der Waals surface area contributed by atoms with Crippen molar-refractivity contribution in [3.8, 4) is 5.88 Å². The lowest BCUT2D eigenvalue weighted by atomic mass is 10.0. The summed E-state index contributed by atoms with van der Waals surface area (Å²) in [6.45, 7) is 1.95. The molecule has 0 spiro atoms. The molecule has 1 amide bonds. The molecule has 9 heteroatoms. The van der Waals surface area contributed by atoms with Gasteiger partial charge in [-0.05, 0) is 36.2 Å². The summed E-state index contributed by atoms with van der Waals surface area (Å²) < 4.78 is 14.5. The highest BCUT2D eigenvalue weighted by Gasteiger charge is 2.20. The van der Waals surface area contributed by atoms with E-state index in [4.69, 9.17) is 23.2 Å². The second kappa shape index (κ2) is 8.53. The van der Waals surface area contributed by atoms with Gasteiger partial charge in [0.05, 0.1) is 6.20 Å². The summed E-state index contributed by atoms with van der Waals surface area (Å²) in [5, 5.41) is 18.5. The number of amides is 1. The standard InChI is InChI=1S/C22H17Cl2FN4O2/c1-12-16(8-13-6-7-15(25)9-19(13)24)22(31)29-20(28-12)17(11-27-29)21(30)26-10-14-4-2-3-5-18(14)23/h2-7,9,11,31H,8,10H2,1H3,(H,26,30). The van der Waals surface area contributed by atoms with Gasteiger partial charge < -0.3 is 10.4 Å². The first-order valence-electron chi connectivity index (χ1n) is 9.37. The molecule has 158 valence electrons. The van der Waals surface area contributed by atoms with Crippen molar-refractivity contribution in [2.45, 2.75) is 19.9 Å². The Morgan fingerprint density at radius 2 is 1.94 bits per heavy atom. The second-order valence-corrected chi connectivity index (χ2v) is 7.79. The quantitative estimate of drug-likeness (QED) is 0.453. The van der Waals surface area contributed by atoms with Crippen molar-refractivity contribution >= 4 is 34.8 Å². The van der Waals surface area contributed by atoms with E-state index in [0.717, 1.165) is 5.56 Å². The smallest absolute Gasteiger partial charge is 0.257 e. The van der Waals surface area contributed by atoms with Gasteiger partial charge in [-0.25, -0.2) is 9.37 Å². The number of aromatic hydroxyl groups is 1. The van der Waals surface area contributed by atoms with Gasteiger partial charge in [0.2, 0.25) is 5.88 Å². The molecule has 0 fully saturated rings. The third-order valence-corrected chi connectivity index (χ3v) is 5.67. The third kappa shape index (κ3) is 4.19. The molecule has 2 heterocycles. The summed E-state index contributed by atoms with van der Waals surface area (Å²) in [6, 6.07) is 11.3. The van der Waals surface area contributed by atoms with Gasteiger partial charge >= 0.3 is 0 Å². The molecule has 0 saturated heterocycles. The van der Waals surface area contributed by atoms with Crippen LogP contribution in [0.4, 0.5) is 4.39 Å². The Kier molecular flexibility index (Phi) is 5.80. The van der Waals surface area contributed by atoms with Gasteiger partial charge in [0.15, 0.2) is 5.65 Å². The molecule has 31 heavy (non-hydrogen) atoms. The molecule has 0 aliphatic rings. The molecule has 0 bridgehead atoms. The fourth-order valence-electron chi connectivity index (χ4n) is 3.26. The van der Waals surface area contributed by atoms with E-state index in [0.29, 0.717) is 21.8 Å². The molecule has 6 nitrogen and oxygen atoms in total. The Balaban J connectivity index is 1.63. The number of halogens is 3. The summed E-state index contributed by atoms with van der Waals surface area (Å²) in [5.74, 6) is -0.994. The Morgan fingerprint density at radius 1 is 1.16 bits per heavy atom. The van der Waals surface area contributed by atoms with Crippen LogP contribution in [0.15, 0.2) is 48.7 Å². The summed E-state index contributed by atoms with van der Waals surface area (Å²) in [5.41, 5.74) is 2.84. The largest absolute Gasteiger partial charge is 0.493 e. The zero-order valence-corrected chi connectivity index (χ0v) is 17.9. The SMILES string of the molecule is Cc1nc2c(C(=O)NCc3ccccc3Cl)cnn2c(O)c1Cc1ccc(F)cc1Cl. The highest BCUT2D eigenvalue weighted by Crippen LogP contribution is 2.28. The predicted octanol–water partition coefficient (Wildman–Crippen LogP) is 4.71. The van der Waals surface area contributed by atoms with E-state index >= 15 is 0 Å². The zero-order chi connectivity index (χ0) is 22.1. The maximum atomic E-state index is 13.3. The van der Waals surface area contributed by atoms with Crippen LogP contribution in [-0.4, -0.2) is 25.6 Å². The van der Waals surface area contributed by atoms with E-state index in [1.807, 2.05) is 18.2 Å². The molecule has 4 aromatic rings. The minimum Gasteiger partial charge on any atom is -0.493 e. The molecule has 0 aliphatic heterocycles. The van der Waals surface area contributed by atoms with Crippen LogP contribution < -0.4 is 5.32 Å². The molecular formula is C22H17Cl2FN4O2. The minimum absolute atomic E-state index is 0.159. The lowest BCUT2D eigenvalue weighted by Gasteiger charge is -2.11. The van der Waals surface area contributed by atoms with Gasteiger partial charge in [-0.15, -0.1) is 0 Å².